The summed E-state index contributed by atoms with van der Waals surface area (Å²) < 4.78 is 14.9. The van der Waals surface area contributed by atoms with Gasteiger partial charge in [0, 0.05) is 19.5 Å². The number of aliphatic hydroxyl groups is 1. The number of aryl methyl sites for hydroxylation is 2. The van der Waals surface area contributed by atoms with E-state index in [1.807, 2.05) is 24.3 Å². The van der Waals surface area contributed by atoms with E-state index in [-0.39, 0.29) is 24.6 Å². The van der Waals surface area contributed by atoms with Crippen molar-refractivity contribution in [3.8, 4) is 0 Å². The number of amides is 6. The average Bonchev–Trinajstić information content (AvgIpc) is 3.71. The Bertz CT molecular complexity index is 1410. The summed E-state index contributed by atoms with van der Waals surface area (Å²) in [5.41, 5.74) is 0.0513. The van der Waals surface area contributed by atoms with E-state index in [4.69, 9.17) is 0 Å². The Kier molecular flexibility index (Phi) is 5.87. The summed E-state index contributed by atoms with van der Waals surface area (Å²) in [7, 11) is 1.41. The van der Waals surface area contributed by atoms with Gasteiger partial charge < -0.3 is 26.0 Å². The van der Waals surface area contributed by atoms with Crippen LogP contribution in [0.4, 0.5) is 19.7 Å². The summed E-state index contributed by atoms with van der Waals surface area (Å²) in [5.74, 6) is -1.94. The van der Waals surface area contributed by atoms with Crippen molar-refractivity contribution in [2.24, 2.45) is 5.92 Å². The van der Waals surface area contributed by atoms with Crippen molar-refractivity contribution in [3.63, 3.8) is 0 Å². The first-order valence-corrected chi connectivity index (χ1v) is 13.2. The normalized spacial score (nSPS) is 25.7. The standard InChI is InChI=1S/C28H30FN5O5/c1-30-25(37)31-22-12-17-8-10-27(20(17)13-21(22)29)24(36)33(26(38)32-27)15-23(35)34-14-18-5-3-2-4-16(18)9-11-28(34,39)19-6-7-19/h2-5,12-13,19,39H,6-11,14-15H2,1H3,(H,32,38)(H2,30,31,37)/t27?,28-/m0/s1. The maximum atomic E-state index is 14.9. The fourth-order valence-electron chi connectivity index (χ4n) is 6.29. The Morgan fingerprint density at radius 2 is 1.82 bits per heavy atom. The van der Waals surface area contributed by atoms with Gasteiger partial charge in [-0.25, -0.2) is 14.0 Å². The highest BCUT2D eigenvalue weighted by molar-refractivity contribution is 6.10. The fraction of sp³-hybridized carbons (Fsp3) is 0.429. The van der Waals surface area contributed by atoms with Crippen molar-refractivity contribution >= 4 is 29.6 Å². The molecule has 11 heteroatoms. The van der Waals surface area contributed by atoms with Gasteiger partial charge in [-0.1, -0.05) is 24.3 Å². The number of hydrogen-bond donors (Lipinski definition) is 4. The largest absolute Gasteiger partial charge is 0.370 e. The molecule has 4 N–H and O–H groups in total. The van der Waals surface area contributed by atoms with Gasteiger partial charge in [0.2, 0.25) is 5.91 Å². The fourth-order valence-corrected chi connectivity index (χ4v) is 6.29. The Hall–Kier alpha value is -3.99. The van der Waals surface area contributed by atoms with E-state index in [0.717, 1.165) is 34.9 Å². The summed E-state index contributed by atoms with van der Waals surface area (Å²) in [4.78, 5) is 54.5. The van der Waals surface area contributed by atoms with Gasteiger partial charge in [-0.15, -0.1) is 0 Å². The molecule has 2 fully saturated rings. The molecule has 6 rings (SSSR count). The quantitative estimate of drug-likeness (QED) is 0.447. The molecule has 10 nitrogen and oxygen atoms in total. The highest BCUT2D eigenvalue weighted by Crippen LogP contribution is 2.47. The third-order valence-corrected chi connectivity index (χ3v) is 8.58. The second kappa shape index (κ2) is 9.04. The molecule has 2 aliphatic carbocycles. The predicted molar refractivity (Wildman–Crippen MR) is 138 cm³/mol. The van der Waals surface area contributed by atoms with Crippen LogP contribution >= 0.6 is 0 Å². The molecule has 1 saturated carbocycles. The van der Waals surface area contributed by atoms with Crippen LogP contribution in [-0.4, -0.2) is 58.1 Å². The van der Waals surface area contributed by atoms with Crippen LogP contribution in [0.5, 0.6) is 0 Å². The second-order valence-corrected chi connectivity index (χ2v) is 10.8. The molecule has 2 heterocycles. The Morgan fingerprint density at radius 3 is 2.54 bits per heavy atom. The molecule has 2 aliphatic heterocycles. The monoisotopic (exact) mass is 535 g/mol. The van der Waals surface area contributed by atoms with E-state index >= 15 is 0 Å². The highest BCUT2D eigenvalue weighted by atomic mass is 19.1. The summed E-state index contributed by atoms with van der Waals surface area (Å²) >= 11 is 0. The van der Waals surface area contributed by atoms with Crippen molar-refractivity contribution in [3.05, 3.63) is 64.5 Å². The van der Waals surface area contributed by atoms with Gasteiger partial charge in [0.15, 0.2) is 0 Å². The lowest BCUT2D eigenvalue weighted by Crippen LogP contribution is -2.55. The third kappa shape index (κ3) is 4.03. The van der Waals surface area contributed by atoms with E-state index in [2.05, 4.69) is 16.0 Å². The van der Waals surface area contributed by atoms with Crippen molar-refractivity contribution in [2.75, 3.05) is 18.9 Å². The molecule has 39 heavy (non-hydrogen) atoms. The molecule has 0 aromatic heterocycles. The number of halogens is 1. The number of imide groups is 1. The number of fused-ring (bicyclic) bond motifs is 3. The minimum absolute atomic E-state index is 0.0326. The maximum Gasteiger partial charge on any atom is 0.325 e. The average molecular weight is 536 g/mol. The molecule has 1 unspecified atom stereocenters. The number of hydrogen-bond acceptors (Lipinski definition) is 5. The zero-order valence-electron chi connectivity index (χ0n) is 21.6. The van der Waals surface area contributed by atoms with Crippen molar-refractivity contribution in [1.29, 1.82) is 0 Å². The SMILES string of the molecule is CNC(=O)Nc1cc2c(cc1F)C1(CC2)NC(=O)N(CC(=O)N2Cc3ccccc3CC[C@]2(O)C2CC2)C1=O. The number of anilines is 1. The van der Waals surface area contributed by atoms with Crippen molar-refractivity contribution in [2.45, 2.75) is 56.3 Å². The molecule has 1 spiro atoms. The van der Waals surface area contributed by atoms with Crippen LogP contribution in [0.15, 0.2) is 36.4 Å². The Balaban J connectivity index is 1.27. The molecule has 2 aromatic carbocycles. The molecule has 4 aliphatic rings. The first-order valence-electron chi connectivity index (χ1n) is 13.2. The summed E-state index contributed by atoms with van der Waals surface area (Å²) in [6.45, 7) is -0.344. The minimum Gasteiger partial charge on any atom is -0.370 e. The zero-order valence-corrected chi connectivity index (χ0v) is 21.6. The van der Waals surface area contributed by atoms with Gasteiger partial charge in [0.25, 0.3) is 5.91 Å². The summed E-state index contributed by atoms with van der Waals surface area (Å²) in [5, 5.41) is 19.2. The van der Waals surface area contributed by atoms with Crippen molar-refractivity contribution in [1.82, 2.24) is 20.4 Å². The summed E-state index contributed by atoms with van der Waals surface area (Å²) in [6, 6.07) is 9.03. The topological polar surface area (TPSA) is 131 Å². The molecular weight excluding hydrogens is 505 g/mol. The molecule has 1 saturated heterocycles. The van der Waals surface area contributed by atoms with Crippen molar-refractivity contribution < 1.29 is 28.7 Å². The number of nitrogens with zero attached hydrogens (tertiary/aromatic N) is 2. The van der Waals surface area contributed by atoms with Gasteiger partial charge in [-0.3, -0.25) is 14.5 Å². The number of benzene rings is 2. The lowest BCUT2D eigenvalue weighted by Gasteiger charge is -2.39. The molecular formula is C28H30FN5O5. The lowest BCUT2D eigenvalue weighted by atomic mass is 9.91. The van der Waals surface area contributed by atoms with Crippen LogP contribution in [0.3, 0.4) is 0 Å². The zero-order chi connectivity index (χ0) is 27.5. The molecule has 6 amide bonds. The van der Waals surface area contributed by atoms with E-state index < -0.39 is 47.5 Å². The van der Waals surface area contributed by atoms with Gasteiger partial charge in [-0.05, 0) is 72.9 Å². The van der Waals surface area contributed by atoms with E-state index in [1.54, 1.807) is 0 Å². The smallest absolute Gasteiger partial charge is 0.325 e. The van der Waals surface area contributed by atoms with Gasteiger partial charge in [-0.2, -0.15) is 0 Å². The Labute approximate surface area is 224 Å². The van der Waals surface area contributed by atoms with Gasteiger partial charge >= 0.3 is 12.1 Å². The van der Waals surface area contributed by atoms with Gasteiger partial charge in [0.1, 0.15) is 23.6 Å². The third-order valence-electron chi connectivity index (χ3n) is 8.58. The summed E-state index contributed by atoms with van der Waals surface area (Å²) in [6.07, 6.45) is 3.19. The molecule has 0 bridgehead atoms. The number of rotatable bonds is 4. The Morgan fingerprint density at radius 1 is 1.10 bits per heavy atom. The predicted octanol–water partition coefficient (Wildman–Crippen LogP) is 2.34. The van der Waals surface area contributed by atoms with Crippen LogP contribution in [-0.2, 0) is 34.5 Å². The number of carbonyl (C=O) groups is 4. The minimum atomic E-state index is -1.49. The number of carbonyl (C=O) groups excluding carboxylic acids is 4. The first kappa shape index (κ1) is 25.3. The number of urea groups is 2. The van der Waals surface area contributed by atoms with Crippen LogP contribution in [0.2, 0.25) is 0 Å². The van der Waals surface area contributed by atoms with E-state index in [0.29, 0.717) is 30.4 Å². The van der Waals surface area contributed by atoms with Gasteiger partial charge in [0.05, 0.1) is 5.69 Å². The van der Waals surface area contributed by atoms with Crippen LogP contribution in [0.1, 0.15) is 47.9 Å². The van der Waals surface area contributed by atoms with E-state index in [9.17, 15) is 28.7 Å². The van der Waals surface area contributed by atoms with Crippen LogP contribution in [0, 0.1) is 11.7 Å². The molecule has 2 atom stereocenters. The maximum absolute atomic E-state index is 14.9. The molecule has 2 aromatic rings. The highest BCUT2D eigenvalue weighted by Gasteiger charge is 2.57. The molecule has 204 valence electrons. The second-order valence-electron chi connectivity index (χ2n) is 10.8. The number of nitrogens with one attached hydrogen (secondary N) is 3. The molecule has 0 radical (unpaired) electrons. The van der Waals surface area contributed by atoms with E-state index in [1.165, 1.54) is 18.0 Å². The van der Waals surface area contributed by atoms with Crippen LogP contribution < -0.4 is 16.0 Å². The first-order chi connectivity index (χ1) is 18.7. The van der Waals surface area contributed by atoms with Crippen LogP contribution in [0.25, 0.3) is 0 Å². The lowest BCUT2D eigenvalue weighted by molar-refractivity contribution is -0.170.